The Kier molecular flexibility index (Phi) is 7.12. The summed E-state index contributed by atoms with van der Waals surface area (Å²) in [5, 5.41) is 2.93. The van der Waals surface area contributed by atoms with E-state index in [0.29, 0.717) is 50.6 Å². The van der Waals surface area contributed by atoms with Gasteiger partial charge in [-0.3, -0.25) is 4.79 Å². The SMILES string of the molecule is CCN(CC)S(=O)(=O)c1ccc(N2CCOCC2)c(NC(=O)c2cccc(C)c2)c1. The molecule has 1 N–H and O–H groups in total. The second kappa shape index (κ2) is 9.59. The van der Waals surface area contributed by atoms with Crippen molar-refractivity contribution in [3.63, 3.8) is 0 Å². The predicted molar refractivity (Wildman–Crippen MR) is 119 cm³/mol. The minimum Gasteiger partial charge on any atom is -0.378 e. The van der Waals surface area contributed by atoms with Crippen molar-refractivity contribution < 1.29 is 17.9 Å². The third kappa shape index (κ3) is 4.83. The van der Waals surface area contributed by atoms with Crippen LogP contribution in [0.1, 0.15) is 29.8 Å². The summed E-state index contributed by atoms with van der Waals surface area (Å²) in [5.74, 6) is -0.273. The smallest absolute Gasteiger partial charge is 0.255 e. The molecule has 1 aliphatic heterocycles. The highest BCUT2D eigenvalue weighted by molar-refractivity contribution is 7.89. The lowest BCUT2D eigenvalue weighted by Crippen LogP contribution is -2.37. The first-order valence-corrected chi connectivity index (χ1v) is 11.7. The van der Waals surface area contributed by atoms with Gasteiger partial charge in [-0.25, -0.2) is 8.42 Å². The molecule has 3 rings (SSSR count). The van der Waals surface area contributed by atoms with Crippen LogP contribution in [0.15, 0.2) is 47.4 Å². The number of carbonyl (C=O) groups excluding carboxylic acids is 1. The van der Waals surface area contributed by atoms with Crippen LogP contribution in [0.25, 0.3) is 0 Å². The summed E-state index contributed by atoms with van der Waals surface area (Å²) in [6.45, 7) is 8.84. The average molecular weight is 432 g/mol. The van der Waals surface area contributed by atoms with Crippen molar-refractivity contribution in [3.8, 4) is 0 Å². The molecule has 162 valence electrons. The van der Waals surface area contributed by atoms with E-state index in [0.717, 1.165) is 11.3 Å². The zero-order chi connectivity index (χ0) is 21.7. The number of sulfonamides is 1. The van der Waals surface area contributed by atoms with E-state index in [1.54, 1.807) is 30.3 Å². The zero-order valence-corrected chi connectivity index (χ0v) is 18.5. The maximum atomic E-state index is 13.0. The molecule has 2 aromatic carbocycles. The van der Waals surface area contributed by atoms with Gasteiger partial charge in [-0.1, -0.05) is 31.5 Å². The first-order chi connectivity index (χ1) is 14.4. The first kappa shape index (κ1) is 22.3. The molecule has 0 unspecified atom stereocenters. The molecule has 0 radical (unpaired) electrons. The van der Waals surface area contributed by atoms with Gasteiger partial charge in [0.1, 0.15) is 0 Å². The van der Waals surface area contributed by atoms with Gasteiger partial charge >= 0.3 is 0 Å². The number of nitrogens with one attached hydrogen (secondary N) is 1. The quantitative estimate of drug-likeness (QED) is 0.729. The Labute approximate surface area is 178 Å². The van der Waals surface area contributed by atoms with Gasteiger partial charge in [0.25, 0.3) is 5.91 Å². The van der Waals surface area contributed by atoms with E-state index in [1.165, 1.54) is 4.31 Å². The molecule has 0 aromatic heterocycles. The molecule has 1 amide bonds. The molecule has 0 aliphatic carbocycles. The zero-order valence-electron chi connectivity index (χ0n) is 17.7. The highest BCUT2D eigenvalue weighted by Crippen LogP contribution is 2.31. The average Bonchev–Trinajstić information content (AvgIpc) is 2.75. The topological polar surface area (TPSA) is 79.0 Å². The Bertz CT molecular complexity index is 997. The standard InChI is InChI=1S/C22H29N3O4S/c1-4-25(5-2)30(27,28)19-9-10-21(24-11-13-29-14-12-24)20(16-19)23-22(26)18-8-6-7-17(3)15-18/h6-10,15-16H,4-5,11-14H2,1-3H3,(H,23,26). The van der Waals surface area contributed by atoms with Crippen molar-refractivity contribution in [2.24, 2.45) is 0 Å². The molecule has 30 heavy (non-hydrogen) atoms. The lowest BCUT2D eigenvalue weighted by molar-refractivity contribution is 0.102. The van der Waals surface area contributed by atoms with Gasteiger partial charge < -0.3 is 15.0 Å². The summed E-state index contributed by atoms with van der Waals surface area (Å²) in [7, 11) is -3.64. The molecule has 0 spiro atoms. The Morgan fingerprint density at radius 3 is 2.43 bits per heavy atom. The second-order valence-corrected chi connectivity index (χ2v) is 9.13. The molecule has 8 heteroatoms. The largest absolute Gasteiger partial charge is 0.378 e. The number of benzene rings is 2. The number of morpholine rings is 1. The fourth-order valence-corrected chi connectivity index (χ4v) is 5.03. The highest BCUT2D eigenvalue weighted by Gasteiger charge is 2.25. The van der Waals surface area contributed by atoms with Gasteiger partial charge in [0, 0.05) is 31.7 Å². The molecule has 7 nitrogen and oxygen atoms in total. The van der Waals surface area contributed by atoms with Crippen molar-refractivity contribution in [1.29, 1.82) is 0 Å². The van der Waals surface area contributed by atoms with Crippen LogP contribution in [0.3, 0.4) is 0 Å². The Morgan fingerprint density at radius 1 is 1.10 bits per heavy atom. The fourth-order valence-electron chi connectivity index (χ4n) is 3.55. The second-order valence-electron chi connectivity index (χ2n) is 7.19. The highest BCUT2D eigenvalue weighted by atomic mass is 32.2. The normalized spacial score (nSPS) is 14.7. The van der Waals surface area contributed by atoms with Gasteiger partial charge in [0.05, 0.1) is 29.5 Å². The maximum absolute atomic E-state index is 13.0. The Morgan fingerprint density at radius 2 is 1.80 bits per heavy atom. The van der Waals surface area contributed by atoms with Crippen molar-refractivity contribution in [1.82, 2.24) is 4.31 Å². The summed E-state index contributed by atoms with van der Waals surface area (Å²) >= 11 is 0. The van der Waals surface area contributed by atoms with Crippen LogP contribution in [0, 0.1) is 6.92 Å². The van der Waals surface area contributed by atoms with Crippen LogP contribution in [-0.2, 0) is 14.8 Å². The lowest BCUT2D eigenvalue weighted by Gasteiger charge is -2.31. The summed E-state index contributed by atoms with van der Waals surface area (Å²) in [4.78, 5) is 15.2. The molecule has 0 saturated carbocycles. The molecule has 0 bridgehead atoms. The third-order valence-corrected chi connectivity index (χ3v) is 7.24. The van der Waals surface area contributed by atoms with Crippen molar-refractivity contribution in [3.05, 3.63) is 53.6 Å². The number of nitrogens with zero attached hydrogens (tertiary/aromatic N) is 2. The van der Waals surface area contributed by atoms with Crippen molar-refractivity contribution in [2.75, 3.05) is 49.6 Å². The lowest BCUT2D eigenvalue weighted by atomic mass is 10.1. The number of carbonyl (C=O) groups is 1. The monoisotopic (exact) mass is 431 g/mol. The molecule has 2 aromatic rings. The minimum absolute atomic E-state index is 0.169. The third-order valence-electron chi connectivity index (χ3n) is 5.19. The number of aryl methyl sites for hydroxylation is 1. The van der Waals surface area contributed by atoms with E-state index in [4.69, 9.17) is 4.74 Å². The van der Waals surface area contributed by atoms with Crippen LogP contribution in [-0.4, -0.2) is 58.0 Å². The van der Waals surface area contributed by atoms with Crippen molar-refractivity contribution in [2.45, 2.75) is 25.7 Å². The van der Waals surface area contributed by atoms with E-state index in [1.807, 2.05) is 32.9 Å². The predicted octanol–water partition coefficient (Wildman–Crippen LogP) is 3.11. The van der Waals surface area contributed by atoms with Gasteiger partial charge in [0.2, 0.25) is 10.0 Å². The van der Waals surface area contributed by atoms with Crippen LogP contribution >= 0.6 is 0 Å². The molecule has 1 saturated heterocycles. The summed E-state index contributed by atoms with van der Waals surface area (Å²) in [6, 6.07) is 12.2. The summed E-state index contributed by atoms with van der Waals surface area (Å²) in [5.41, 5.74) is 2.78. The summed E-state index contributed by atoms with van der Waals surface area (Å²) < 4.78 is 32.9. The minimum atomic E-state index is -3.64. The molecular weight excluding hydrogens is 402 g/mol. The molecule has 0 atom stereocenters. The van der Waals surface area contributed by atoms with Crippen LogP contribution in [0.2, 0.25) is 0 Å². The van der Waals surface area contributed by atoms with Crippen molar-refractivity contribution >= 4 is 27.3 Å². The van der Waals surface area contributed by atoms with E-state index in [-0.39, 0.29) is 10.8 Å². The molecular formula is C22H29N3O4S. The van der Waals surface area contributed by atoms with Crippen LogP contribution in [0.4, 0.5) is 11.4 Å². The Hall–Kier alpha value is -2.42. The van der Waals surface area contributed by atoms with Gasteiger partial charge in [-0.2, -0.15) is 4.31 Å². The van der Waals surface area contributed by atoms with E-state index >= 15 is 0 Å². The number of anilines is 2. The number of amides is 1. The molecule has 1 fully saturated rings. The van der Waals surface area contributed by atoms with Crippen LogP contribution < -0.4 is 10.2 Å². The number of hydrogen-bond donors (Lipinski definition) is 1. The van der Waals surface area contributed by atoms with E-state index < -0.39 is 10.0 Å². The number of hydrogen-bond acceptors (Lipinski definition) is 5. The van der Waals surface area contributed by atoms with E-state index in [2.05, 4.69) is 10.2 Å². The van der Waals surface area contributed by atoms with Gasteiger partial charge in [-0.15, -0.1) is 0 Å². The van der Waals surface area contributed by atoms with Crippen LogP contribution in [0.5, 0.6) is 0 Å². The summed E-state index contributed by atoms with van der Waals surface area (Å²) in [6.07, 6.45) is 0. The first-order valence-electron chi connectivity index (χ1n) is 10.2. The Balaban J connectivity index is 2.01. The van der Waals surface area contributed by atoms with E-state index in [9.17, 15) is 13.2 Å². The number of rotatable bonds is 7. The van der Waals surface area contributed by atoms with Gasteiger partial charge in [-0.05, 0) is 37.3 Å². The maximum Gasteiger partial charge on any atom is 0.255 e. The fraction of sp³-hybridized carbons (Fsp3) is 0.409. The number of ether oxygens (including phenoxy) is 1. The molecule has 1 heterocycles. The molecule has 1 aliphatic rings. The van der Waals surface area contributed by atoms with Gasteiger partial charge in [0.15, 0.2) is 0 Å².